The summed E-state index contributed by atoms with van der Waals surface area (Å²) in [5.74, 6) is -0.721. The van der Waals surface area contributed by atoms with Gasteiger partial charge in [0, 0.05) is 6.54 Å². The van der Waals surface area contributed by atoms with Crippen LogP contribution in [-0.2, 0) is 4.79 Å². The van der Waals surface area contributed by atoms with Gasteiger partial charge in [0.1, 0.15) is 5.54 Å². The number of carbonyl (C=O) groups is 1. The van der Waals surface area contributed by atoms with Gasteiger partial charge in [-0.2, -0.15) is 0 Å². The molecular formula is C7H14N4O2. The molecule has 1 saturated carbocycles. The SMILES string of the molecule is NC(N)=NCC1CC(N)(C(=O)O)C1. The maximum atomic E-state index is 10.6. The van der Waals surface area contributed by atoms with E-state index >= 15 is 0 Å². The molecule has 0 aromatic carbocycles. The summed E-state index contributed by atoms with van der Waals surface area (Å²) >= 11 is 0. The molecule has 6 nitrogen and oxygen atoms in total. The van der Waals surface area contributed by atoms with Crippen LogP contribution in [-0.4, -0.2) is 29.1 Å². The van der Waals surface area contributed by atoms with E-state index in [9.17, 15) is 4.79 Å². The lowest BCUT2D eigenvalue weighted by molar-refractivity contribution is -0.148. The molecule has 13 heavy (non-hydrogen) atoms. The van der Waals surface area contributed by atoms with E-state index in [1.165, 1.54) is 0 Å². The van der Waals surface area contributed by atoms with Crippen molar-refractivity contribution in [1.82, 2.24) is 0 Å². The van der Waals surface area contributed by atoms with E-state index in [0.717, 1.165) is 0 Å². The third-order valence-corrected chi connectivity index (χ3v) is 2.26. The van der Waals surface area contributed by atoms with Gasteiger partial charge in [-0.25, -0.2) is 0 Å². The summed E-state index contributed by atoms with van der Waals surface area (Å²) in [6.07, 6.45) is 0.887. The van der Waals surface area contributed by atoms with Crippen molar-refractivity contribution in [2.45, 2.75) is 18.4 Å². The highest BCUT2D eigenvalue weighted by Crippen LogP contribution is 2.35. The summed E-state index contributed by atoms with van der Waals surface area (Å²) < 4.78 is 0. The average Bonchev–Trinajstić information content (AvgIpc) is 1.95. The van der Waals surface area contributed by atoms with Crippen molar-refractivity contribution in [3.8, 4) is 0 Å². The monoisotopic (exact) mass is 186 g/mol. The van der Waals surface area contributed by atoms with Crippen molar-refractivity contribution in [2.75, 3.05) is 6.54 Å². The summed E-state index contributed by atoms with van der Waals surface area (Å²) in [7, 11) is 0. The first kappa shape index (κ1) is 9.79. The van der Waals surface area contributed by atoms with Crippen LogP contribution in [0.25, 0.3) is 0 Å². The number of guanidine groups is 1. The standard InChI is InChI=1S/C7H14N4O2/c8-6(9)11-3-4-1-7(10,2-4)5(12)13/h4H,1-3,10H2,(H,12,13)(H4,8,9,11). The predicted molar refractivity (Wildman–Crippen MR) is 48.0 cm³/mol. The normalized spacial score (nSPS) is 31.9. The Morgan fingerprint density at radius 3 is 2.46 bits per heavy atom. The van der Waals surface area contributed by atoms with Crippen LogP contribution in [0.1, 0.15) is 12.8 Å². The molecule has 7 N–H and O–H groups in total. The largest absolute Gasteiger partial charge is 0.480 e. The van der Waals surface area contributed by atoms with Gasteiger partial charge >= 0.3 is 5.97 Å². The summed E-state index contributed by atoms with van der Waals surface area (Å²) in [5.41, 5.74) is 14.7. The number of hydrogen-bond donors (Lipinski definition) is 4. The van der Waals surface area contributed by atoms with Crippen molar-refractivity contribution in [2.24, 2.45) is 28.1 Å². The molecule has 0 radical (unpaired) electrons. The fraction of sp³-hybridized carbons (Fsp3) is 0.714. The molecule has 74 valence electrons. The molecule has 0 aliphatic heterocycles. The van der Waals surface area contributed by atoms with E-state index in [4.69, 9.17) is 22.3 Å². The highest BCUT2D eigenvalue weighted by Gasteiger charge is 2.46. The fourth-order valence-electron chi connectivity index (χ4n) is 1.51. The second kappa shape index (κ2) is 3.21. The number of nitrogens with two attached hydrogens (primary N) is 3. The minimum absolute atomic E-state index is 0.0323. The molecule has 1 rings (SSSR count). The van der Waals surface area contributed by atoms with E-state index in [0.29, 0.717) is 19.4 Å². The molecule has 6 heteroatoms. The van der Waals surface area contributed by atoms with Gasteiger partial charge in [-0.3, -0.25) is 9.79 Å². The van der Waals surface area contributed by atoms with Gasteiger partial charge in [-0.1, -0.05) is 0 Å². The zero-order chi connectivity index (χ0) is 10.1. The second-order valence-corrected chi connectivity index (χ2v) is 3.50. The van der Waals surface area contributed by atoms with Crippen molar-refractivity contribution in [1.29, 1.82) is 0 Å². The Kier molecular flexibility index (Phi) is 2.42. The fourth-order valence-corrected chi connectivity index (χ4v) is 1.51. The first-order chi connectivity index (χ1) is 5.94. The van der Waals surface area contributed by atoms with Crippen LogP contribution in [0.15, 0.2) is 4.99 Å². The van der Waals surface area contributed by atoms with Crippen LogP contribution in [0.4, 0.5) is 0 Å². The van der Waals surface area contributed by atoms with Gasteiger partial charge in [-0.15, -0.1) is 0 Å². The van der Waals surface area contributed by atoms with Crippen molar-refractivity contribution < 1.29 is 9.90 Å². The van der Waals surface area contributed by atoms with Crippen LogP contribution in [0.5, 0.6) is 0 Å². The smallest absolute Gasteiger partial charge is 0.323 e. The minimum Gasteiger partial charge on any atom is -0.480 e. The van der Waals surface area contributed by atoms with Gasteiger partial charge < -0.3 is 22.3 Å². The lowest BCUT2D eigenvalue weighted by Gasteiger charge is -2.40. The zero-order valence-electron chi connectivity index (χ0n) is 7.23. The maximum absolute atomic E-state index is 10.6. The van der Waals surface area contributed by atoms with Crippen LogP contribution in [0.2, 0.25) is 0 Å². The van der Waals surface area contributed by atoms with Gasteiger partial charge in [0.05, 0.1) is 0 Å². The average molecular weight is 186 g/mol. The van der Waals surface area contributed by atoms with Crippen molar-refractivity contribution in [3.63, 3.8) is 0 Å². The molecule has 0 spiro atoms. The highest BCUT2D eigenvalue weighted by atomic mass is 16.4. The molecule has 0 heterocycles. The molecule has 0 unspecified atom stereocenters. The molecule has 1 aliphatic rings. The van der Waals surface area contributed by atoms with Crippen LogP contribution >= 0.6 is 0 Å². The first-order valence-electron chi connectivity index (χ1n) is 4.02. The summed E-state index contributed by atoms with van der Waals surface area (Å²) in [6, 6.07) is 0. The molecule has 0 saturated heterocycles. The van der Waals surface area contributed by atoms with Gasteiger partial charge in [-0.05, 0) is 18.8 Å². The molecule has 0 amide bonds. The Morgan fingerprint density at radius 1 is 1.54 bits per heavy atom. The Morgan fingerprint density at radius 2 is 2.08 bits per heavy atom. The number of carboxylic acid groups (broad SMARTS) is 1. The Balaban J connectivity index is 2.33. The van der Waals surface area contributed by atoms with Crippen LogP contribution < -0.4 is 17.2 Å². The summed E-state index contributed by atoms with van der Waals surface area (Å²) in [6.45, 7) is 0.467. The topological polar surface area (TPSA) is 128 Å². The third kappa shape index (κ3) is 2.09. The Hall–Kier alpha value is -1.30. The molecule has 0 aromatic heterocycles. The number of aliphatic imine (C=N–C) groups is 1. The molecule has 0 aromatic rings. The Bertz CT molecular complexity index is 241. The number of nitrogens with zero attached hydrogens (tertiary/aromatic N) is 1. The van der Waals surface area contributed by atoms with E-state index in [2.05, 4.69) is 4.99 Å². The summed E-state index contributed by atoms with van der Waals surface area (Å²) in [4.78, 5) is 14.4. The van der Waals surface area contributed by atoms with Gasteiger partial charge in [0.25, 0.3) is 0 Å². The van der Waals surface area contributed by atoms with E-state index in [-0.39, 0.29) is 11.9 Å². The van der Waals surface area contributed by atoms with Gasteiger partial charge in [0.2, 0.25) is 0 Å². The van der Waals surface area contributed by atoms with E-state index in [1.54, 1.807) is 0 Å². The highest BCUT2D eigenvalue weighted by molar-refractivity contribution is 5.80. The molecule has 1 aliphatic carbocycles. The van der Waals surface area contributed by atoms with Crippen LogP contribution in [0, 0.1) is 5.92 Å². The number of carboxylic acids is 1. The minimum atomic E-state index is -1.05. The number of aliphatic carboxylic acids is 1. The second-order valence-electron chi connectivity index (χ2n) is 3.50. The maximum Gasteiger partial charge on any atom is 0.323 e. The van der Waals surface area contributed by atoms with Crippen LogP contribution in [0.3, 0.4) is 0 Å². The molecule has 1 fully saturated rings. The lowest BCUT2D eigenvalue weighted by atomic mass is 9.69. The molecular weight excluding hydrogens is 172 g/mol. The Labute approximate surface area is 75.8 Å². The number of hydrogen-bond acceptors (Lipinski definition) is 3. The zero-order valence-corrected chi connectivity index (χ0v) is 7.23. The lowest BCUT2D eigenvalue weighted by Crippen LogP contribution is -2.58. The van der Waals surface area contributed by atoms with E-state index in [1.807, 2.05) is 0 Å². The first-order valence-corrected chi connectivity index (χ1v) is 4.02. The third-order valence-electron chi connectivity index (χ3n) is 2.26. The van der Waals surface area contributed by atoms with E-state index < -0.39 is 11.5 Å². The van der Waals surface area contributed by atoms with Crippen molar-refractivity contribution in [3.05, 3.63) is 0 Å². The van der Waals surface area contributed by atoms with Gasteiger partial charge in [0.15, 0.2) is 5.96 Å². The molecule has 0 bridgehead atoms. The predicted octanol–water partition coefficient (Wildman–Crippen LogP) is -1.55. The summed E-state index contributed by atoms with van der Waals surface area (Å²) in [5, 5.41) is 8.68. The quantitative estimate of drug-likeness (QED) is 0.313. The molecule has 0 atom stereocenters. The number of rotatable bonds is 3. The van der Waals surface area contributed by atoms with Crippen molar-refractivity contribution >= 4 is 11.9 Å².